The molecule has 0 unspecified atom stereocenters. The monoisotopic (exact) mass is 315 g/mol. The Morgan fingerprint density at radius 3 is 2.48 bits per heavy atom. The molecule has 0 radical (unpaired) electrons. The van der Waals surface area contributed by atoms with Gasteiger partial charge >= 0.3 is 5.97 Å². The number of thioether (sulfide) groups is 1. The van der Waals surface area contributed by atoms with Gasteiger partial charge in [-0.1, -0.05) is 36.9 Å². The summed E-state index contributed by atoms with van der Waals surface area (Å²) in [6, 6.07) is 14.7. The van der Waals surface area contributed by atoms with Gasteiger partial charge in [-0.05, 0) is 30.0 Å². The highest BCUT2D eigenvalue weighted by molar-refractivity contribution is 8.00. The molecule has 106 valence electrons. The Morgan fingerprint density at radius 2 is 1.81 bits per heavy atom. The average molecular weight is 315 g/mol. The third-order valence-corrected chi connectivity index (χ3v) is 4.81. The van der Waals surface area contributed by atoms with Crippen LogP contribution in [0.4, 0.5) is 0 Å². The fourth-order valence-electron chi connectivity index (χ4n) is 1.83. The van der Waals surface area contributed by atoms with Crippen molar-refractivity contribution in [1.29, 1.82) is 5.26 Å². The van der Waals surface area contributed by atoms with E-state index < -0.39 is 5.97 Å². The van der Waals surface area contributed by atoms with Gasteiger partial charge in [0.25, 0.3) is 0 Å². The zero-order valence-electron chi connectivity index (χ0n) is 11.4. The van der Waals surface area contributed by atoms with E-state index in [1.807, 2.05) is 25.1 Å². The van der Waals surface area contributed by atoms with Crippen LogP contribution < -0.4 is 0 Å². The summed E-state index contributed by atoms with van der Waals surface area (Å²) >= 11 is 2.93. The summed E-state index contributed by atoms with van der Waals surface area (Å²) in [5, 5.41) is 18.6. The number of carbonyl (C=O) groups is 1. The van der Waals surface area contributed by atoms with Crippen LogP contribution in [0.5, 0.6) is 0 Å². The number of aromatic carboxylic acids is 1. The molecule has 5 heteroatoms. The van der Waals surface area contributed by atoms with E-state index in [-0.39, 0.29) is 5.56 Å². The largest absolute Gasteiger partial charge is 0.478 e. The van der Waals surface area contributed by atoms with E-state index in [2.05, 4.69) is 6.07 Å². The Kier molecular flexibility index (Phi) is 5.32. The molecule has 0 aliphatic heterocycles. The van der Waals surface area contributed by atoms with Gasteiger partial charge < -0.3 is 5.11 Å². The molecule has 0 saturated carbocycles. The van der Waals surface area contributed by atoms with Crippen LogP contribution in [0.25, 0.3) is 0 Å². The lowest BCUT2D eigenvalue weighted by atomic mass is 10.2. The molecule has 1 N–H and O–H groups in total. The molecule has 21 heavy (non-hydrogen) atoms. The molecule has 0 atom stereocenters. The van der Waals surface area contributed by atoms with Gasteiger partial charge in [0.1, 0.15) is 6.07 Å². The molecule has 0 aliphatic carbocycles. The predicted octanol–water partition coefficient (Wildman–Crippen LogP) is 4.52. The Morgan fingerprint density at radius 1 is 1.14 bits per heavy atom. The number of carboxylic acid groups (broad SMARTS) is 1. The highest BCUT2D eigenvalue weighted by Gasteiger charge is 2.14. The molecule has 0 aromatic heterocycles. The van der Waals surface area contributed by atoms with Crippen molar-refractivity contribution in [3.8, 4) is 6.07 Å². The van der Waals surface area contributed by atoms with Gasteiger partial charge in [-0.25, -0.2) is 4.79 Å². The van der Waals surface area contributed by atoms with Gasteiger partial charge in [0, 0.05) is 14.7 Å². The summed E-state index contributed by atoms with van der Waals surface area (Å²) in [6.07, 6.45) is 0. The topological polar surface area (TPSA) is 61.1 Å². The molecule has 0 bridgehead atoms. The van der Waals surface area contributed by atoms with Crippen LogP contribution in [0.3, 0.4) is 0 Å². The molecule has 3 nitrogen and oxygen atoms in total. The van der Waals surface area contributed by atoms with E-state index in [1.54, 1.807) is 36.0 Å². The van der Waals surface area contributed by atoms with Crippen LogP contribution in [-0.4, -0.2) is 16.8 Å². The molecule has 0 aliphatic rings. The fraction of sp³-hybridized carbons (Fsp3) is 0.125. The van der Waals surface area contributed by atoms with E-state index in [0.717, 1.165) is 15.5 Å². The van der Waals surface area contributed by atoms with E-state index in [4.69, 9.17) is 0 Å². The van der Waals surface area contributed by atoms with Gasteiger partial charge in [-0.2, -0.15) is 5.26 Å². The van der Waals surface area contributed by atoms with Gasteiger partial charge in [-0.15, -0.1) is 11.8 Å². The normalized spacial score (nSPS) is 10.1. The number of nitriles is 1. The number of carboxylic acids is 1. The first-order chi connectivity index (χ1) is 10.2. The Hall–Kier alpha value is -1.90. The van der Waals surface area contributed by atoms with Crippen molar-refractivity contribution in [2.75, 3.05) is 5.75 Å². The van der Waals surface area contributed by atoms with E-state index in [0.29, 0.717) is 10.5 Å². The first-order valence-electron chi connectivity index (χ1n) is 6.33. The Balaban J connectivity index is 2.43. The Labute approximate surface area is 132 Å². The van der Waals surface area contributed by atoms with E-state index >= 15 is 0 Å². The molecule has 2 rings (SSSR count). The van der Waals surface area contributed by atoms with Crippen molar-refractivity contribution in [3.63, 3.8) is 0 Å². The fourth-order valence-corrected chi connectivity index (χ4v) is 3.74. The minimum Gasteiger partial charge on any atom is -0.478 e. The quantitative estimate of drug-likeness (QED) is 0.822. The van der Waals surface area contributed by atoms with Gasteiger partial charge in [0.2, 0.25) is 0 Å². The molecular weight excluding hydrogens is 302 g/mol. The van der Waals surface area contributed by atoms with Gasteiger partial charge in [0.15, 0.2) is 0 Å². The maximum absolute atomic E-state index is 11.3. The zero-order chi connectivity index (χ0) is 15.2. The number of rotatable bonds is 5. The second kappa shape index (κ2) is 7.21. The van der Waals surface area contributed by atoms with Crippen molar-refractivity contribution in [2.45, 2.75) is 21.6 Å². The highest BCUT2D eigenvalue weighted by atomic mass is 32.2. The van der Waals surface area contributed by atoms with Crippen LogP contribution in [-0.2, 0) is 0 Å². The minimum atomic E-state index is -0.962. The molecule has 0 saturated heterocycles. The van der Waals surface area contributed by atoms with Crippen molar-refractivity contribution >= 4 is 29.5 Å². The minimum absolute atomic E-state index is 0.250. The SMILES string of the molecule is CCSc1cccc(Sc2ccccc2C(=O)O)c1C#N. The summed E-state index contributed by atoms with van der Waals surface area (Å²) in [6.45, 7) is 2.03. The zero-order valence-corrected chi connectivity index (χ0v) is 13.0. The number of benzene rings is 2. The van der Waals surface area contributed by atoms with Crippen LogP contribution in [0.2, 0.25) is 0 Å². The van der Waals surface area contributed by atoms with E-state index in [9.17, 15) is 15.2 Å². The van der Waals surface area contributed by atoms with Crippen LogP contribution in [0.1, 0.15) is 22.8 Å². The second-order valence-electron chi connectivity index (χ2n) is 4.08. The maximum atomic E-state index is 11.3. The number of hydrogen-bond acceptors (Lipinski definition) is 4. The molecule has 0 spiro atoms. The highest BCUT2D eigenvalue weighted by Crippen LogP contribution is 2.36. The molecule has 2 aromatic rings. The lowest BCUT2D eigenvalue weighted by Gasteiger charge is -2.09. The van der Waals surface area contributed by atoms with Crippen LogP contribution in [0, 0.1) is 11.3 Å². The number of nitrogens with zero attached hydrogens (tertiary/aromatic N) is 1. The summed E-state index contributed by atoms with van der Waals surface area (Å²) in [7, 11) is 0. The lowest BCUT2D eigenvalue weighted by molar-refractivity contribution is 0.0693. The summed E-state index contributed by atoms with van der Waals surface area (Å²) < 4.78 is 0. The molecule has 0 fully saturated rings. The van der Waals surface area contributed by atoms with Crippen molar-refractivity contribution in [3.05, 3.63) is 53.6 Å². The molecule has 2 aromatic carbocycles. The summed E-state index contributed by atoms with van der Waals surface area (Å²) in [5.41, 5.74) is 0.856. The Bertz CT molecular complexity index is 708. The summed E-state index contributed by atoms with van der Waals surface area (Å²) in [4.78, 5) is 13.6. The van der Waals surface area contributed by atoms with Crippen LogP contribution in [0.15, 0.2) is 57.2 Å². The van der Waals surface area contributed by atoms with Crippen LogP contribution >= 0.6 is 23.5 Å². The molecule has 0 amide bonds. The first-order valence-corrected chi connectivity index (χ1v) is 8.13. The van der Waals surface area contributed by atoms with Crippen molar-refractivity contribution in [1.82, 2.24) is 0 Å². The summed E-state index contributed by atoms with van der Waals surface area (Å²) in [5.74, 6) is -0.0789. The predicted molar refractivity (Wildman–Crippen MR) is 85.1 cm³/mol. The third kappa shape index (κ3) is 3.60. The molecular formula is C16H13NO2S2. The van der Waals surface area contributed by atoms with E-state index in [1.165, 1.54) is 11.8 Å². The number of hydrogen-bond donors (Lipinski definition) is 1. The molecule has 0 heterocycles. The van der Waals surface area contributed by atoms with Crippen molar-refractivity contribution in [2.24, 2.45) is 0 Å². The van der Waals surface area contributed by atoms with Crippen molar-refractivity contribution < 1.29 is 9.90 Å². The maximum Gasteiger partial charge on any atom is 0.336 e. The van der Waals surface area contributed by atoms with Gasteiger partial charge in [-0.3, -0.25) is 0 Å². The lowest BCUT2D eigenvalue weighted by Crippen LogP contribution is -1.98. The average Bonchev–Trinajstić information content (AvgIpc) is 2.48. The first kappa shape index (κ1) is 15.5. The van der Waals surface area contributed by atoms with Gasteiger partial charge in [0.05, 0.1) is 11.1 Å². The smallest absolute Gasteiger partial charge is 0.336 e. The standard InChI is InChI=1S/C16H13NO2S2/c1-2-20-13-8-5-9-15(12(13)10-17)21-14-7-4-3-6-11(14)16(18)19/h3-9H,2H2,1H3,(H,18,19). The third-order valence-electron chi connectivity index (χ3n) is 2.74. The second-order valence-corrected chi connectivity index (χ2v) is 6.47.